The van der Waals surface area contributed by atoms with Crippen molar-refractivity contribution in [3.05, 3.63) is 54.4 Å². The van der Waals surface area contributed by atoms with E-state index in [2.05, 4.69) is 35.6 Å². The smallest absolute Gasteiger partial charge is 0.263 e. The standard InChI is InChI=1S/C20H18FN9O2/c1-32-20-13(11-29(28-20)17-10-22-7-8-23-17)19(31)25-15-4-2-3-14(24-15)18-27-26-16-6-5-12(9-21)30(16)18/h2-4,7-8,10-12H,5-6,9H2,1H3,(H,24,25,31)/t12-/m0/s1. The average molecular weight is 435 g/mol. The van der Waals surface area contributed by atoms with Gasteiger partial charge < -0.3 is 14.6 Å². The van der Waals surface area contributed by atoms with Gasteiger partial charge in [0.1, 0.15) is 29.6 Å². The lowest BCUT2D eigenvalue weighted by Gasteiger charge is -2.11. The van der Waals surface area contributed by atoms with Crippen molar-refractivity contribution in [3.63, 3.8) is 0 Å². The summed E-state index contributed by atoms with van der Waals surface area (Å²) in [6.45, 7) is -0.496. The monoisotopic (exact) mass is 435 g/mol. The third-order valence-electron chi connectivity index (χ3n) is 5.13. The summed E-state index contributed by atoms with van der Waals surface area (Å²) in [6, 6.07) is 4.83. The molecule has 0 saturated heterocycles. The van der Waals surface area contributed by atoms with Crippen LogP contribution in [0.25, 0.3) is 17.3 Å². The highest BCUT2D eigenvalue weighted by molar-refractivity contribution is 6.05. The number of nitrogens with zero attached hydrogens (tertiary/aromatic N) is 8. The summed E-state index contributed by atoms with van der Waals surface area (Å²) in [5, 5.41) is 15.3. The predicted molar refractivity (Wildman–Crippen MR) is 110 cm³/mol. The highest BCUT2D eigenvalue weighted by Crippen LogP contribution is 2.31. The number of alkyl halides is 1. The fourth-order valence-corrected chi connectivity index (χ4v) is 3.63. The van der Waals surface area contributed by atoms with Crippen molar-refractivity contribution in [3.8, 4) is 23.2 Å². The van der Waals surface area contributed by atoms with E-state index in [4.69, 9.17) is 4.74 Å². The Labute approximate surface area is 181 Å². The van der Waals surface area contributed by atoms with Gasteiger partial charge in [0.05, 0.1) is 19.3 Å². The van der Waals surface area contributed by atoms with Crippen molar-refractivity contribution in [2.45, 2.75) is 18.9 Å². The number of anilines is 1. The number of rotatable bonds is 6. The van der Waals surface area contributed by atoms with Crippen LogP contribution in [0.3, 0.4) is 0 Å². The van der Waals surface area contributed by atoms with E-state index in [1.165, 1.54) is 36.6 Å². The van der Waals surface area contributed by atoms with Crippen molar-refractivity contribution >= 4 is 11.7 Å². The number of amides is 1. The molecule has 0 radical (unpaired) electrons. The minimum Gasteiger partial charge on any atom is -0.479 e. The molecule has 12 heteroatoms. The number of carbonyl (C=O) groups is 1. The minimum atomic E-state index is -0.496. The van der Waals surface area contributed by atoms with E-state index in [1.54, 1.807) is 22.8 Å². The number of aromatic nitrogens is 8. The van der Waals surface area contributed by atoms with Crippen molar-refractivity contribution in [1.82, 2.24) is 39.5 Å². The van der Waals surface area contributed by atoms with Gasteiger partial charge in [-0.1, -0.05) is 6.07 Å². The second-order valence-corrected chi connectivity index (χ2v) is 7.08. The van der Waals surface area contributed by atoms with Gasteiger partial charge in [-0.15, -0.1) is 15.3 Å². The van der Waals surface area contributed by atoms with Gasteiger partial charge in [0.2, 0.25) is 5.88 Å². The Morgan fingerprint density at radius 1 is 1.31 bits per heavy atom. The second kappa shape index (κ2) is 8.13. The maximum absolute atomic E-state index is 13.4. The first-order valence-electron chi connectivity index (χ1n) is 9.86. The van der Waals surface area contributed by atoms with Crippen LogP contribution in [0.5, 0.6) is 5.88 Å². The van der Waals surface area contributed by atoms with Gasteiger partial charge in [-0.2, -0.15) is 0 Å². The molecule has 0 fully saturated rings. The van der Waals surface area contributed by atoms with Crippen LogP contribution < -0.4 is 10.1 Å². The second-order valence-electron chi connectivity index (χ2n) is 7.08. The molecule has 0 unspecified atom stereocenters. The minimum absolute atomic E-state index is 0.130. The first-order chi connectivity index (χ1) is 15.7. The third kappa shape index (κ3) is 3.45. The molecular weight excluding hydrogens is 417 g/mol. The molecule has 0 aromatic carbocycles. The van der Waals surface area contributed by atoms with Gasteiger partial charge in [0.25, 0.3) is 5.91 Å². The van der Waals surface area contributed by atoms with Gasteiger partial charge in [-0.3, -0.25) is 9.78 Å². The highest BCUT2D eigenvalue weighted by Gasteiger charge is 2.28. The summed E-state index contributed by atoms with van der Waals surface area (Å²) in [5.74, 6) is 1.62. The van der Waals surface area contributed by atoms with Crippen LogP contribution in [-0.2, 0) is 6.42 Å². The van der Waals surface area contributed by atoms with E-state index in [-0.39, 0.29) is 17.5 Å². The Kier molecular flexibility index (Phi) is 5.01. The Bertz CT molecular complexity index is 1270. The Morgan fingerprint density at radius 2 is 2.22 bits per heavy atom. The number of methoxy groups -OCH3 is 1. The average Bonchev–Trinajstić information content (AvgIpc) is 3.54. The maximum atomic E-state index is 13.4. The molecule has 0 bridgehead atoms. The molecule has 1 aliphatic heterocycles. The van der Waals surface area contributed by atoms with Crippen molar-refractivity contribution in [2.75, 3.05) is 19.1 Å². The van der Waals surface area contributed by atoms with E-state index < -0.39 is 12.6 Å². The van der Waals surface area contributed by atoms with E-state index in [1.807, 2.05) is 0 Å². The van der Waals surface area contributed by atoms with Crippen molar-refractivity contribution < 1.29 is 13.9 Å². The summed E-state index contributed by atoms with van der Waals surface area (Å²) in [7, 11) is 1.42. The van der Waals surface area contributed by atoms with Crippen LogP contribution in [0, 0.1) is 0 Å². The number of pyridine rings is 1. The zero-order valence-electron chi connectivity index (χ0n) is 17.0. The summed E-state index contributed by atoms with van der Waals surface area (Å²) in [5.41, 5.74) is 0.690. The van der Waals surface area contributed by atoms with Crippen LogP contribution in [0.15, 0.2) is 43.0 Å². The molecule has 162 valence electrons. The van der Waals surface area contributed by atoms with Crippen LogP contribution in [-0.4, -0.2) is 59.2 Å². The number of hydrogen-bond acceptors (Lipinski definition) is 8. The third-order valence-corrected chi connectivity index (χ3v) is 5.13. The van der Waals surface area contributed by atoms with Crippen LogP contribution in [0.4, 0.5) is 10.2 Å². The topological polar surface area (TPSA) is 126 Å². The van der Waals surface area contributed by atoms with Crippen LogP contribution in [0.2, 0.25) is 0 Å². The number of carbonyl (C=O) groups excluding carboxylic acids is 1. The van der Waals surface area contributed by atoms with Crippen LogP contribution >= 0.6 is 0 Å². The molecule has 0 spiro atoms. The molecule has 1 aliphatic rings. The lowest BCUT2D eigenvalue weighted by atomic mass is 10.2. The van der Waals surface area contributed by atoms with Gasteiger partial charge >= 0.3 is 0 Å². The molecule has 0 saturated carbocycles. The van der Waals surface area contributed by atoms with Gasteiger partial charge in [0.15, 0.2) is 11.6 Å². The Balaban J connectivity index is 1.42. The summed E-state index contributed by atoms with van der Waals surface area (Å²) < 4.78 is 21.8. The fourth-order valence-electron chi connectivity index (χ4n) is 3.63. The lowest BCUT2D eigenvalue weighted by molar-refractivity contribution is 0.102. The lowest BCUT2D eigenvalue weighted by Crippen LogP contribution is -2.14. The molecular formula is C20H18FN9O2. The number of ether oxygens (including phenoxy) is 1. The predicted octanol–water partition coefficient (Wildman–Crippen LogP) is 2.03. The number of halogens is 1. The van der Waals surface area contributed by atoms with E-state index in [0.29, 0.717) is 36.0 Å². The van der Waals surface area contributed by atoms with Gasteiger partial charge in [-0.05, 0) is 18.6 Å². The maximum Gasteiger partial charge on any atom is 0.263 e. The number of nitrogens with one attached hydrogen (secondary N) is 1. The number of aryl methyl sites for hydroxylation is 1. The largest absolute Gasteiger partial charge is 0.479 e. The SMILES string of the molecule is COc1nn(-c2cnccn2)cc1C(=O)Nc1cccc(-c2nnc3n2[C@H](CF)CC3)n1. The van der Waals surface area contributed by atoms with Crippen molar-refractivity contribution in [2.24, 2.45) is 0 Å². The molecule has 1 amide bonds. The summed E-state index contributed by atoms with van der Waals surface area (Å²) >= 11 is 0. The fraction of sp³-hybridized carbons (Fsp3) is 0.250. The molecule has 5 heterocycles. The number of hydrogen-bond donors (Lipinski definition) is 1. The molecule has 0 aliphatic carbocycles. The summed E-state index contributed by atoms with van der Waals surface area (Å²) in [4.78, 5) is 25.6. The van der Waals surface area contributed by atoms with Gasteiger partial charge in [-0.25, -0.2) is 19.0 Å². The number of fused-ring (bicyclic) bond motifs is 1. The molecule has 1 atom stereocenters. The Hall–Kier alpha value is -4.22. The van der Waals surface area contributed by atoms with E-state index in [0.717, 1.165) is 5.82 Å². The molecule has 4 aromatic heterocycles. The van der Waals surface area contributed by atoms with E-state index >= 15 is 0 Å². The first-order valence-corrected chi connectivity index (χ1v) is 9.86. The molecule has 5 rings (SSSR count). The Morgan fingerprint density at radius 3 is 3.00 bits per heavy atom. The highest BCUT2D eigenvalue weighted by atomic mass is 19.1. The molecule has 4 aromatic rings. The molecule has 11 nitrogen and oxygen atoms in total. The normalized spacial score (nSPS) is 14.9. The molecule has 32 heavy (non-hydrogen) atoms. The van der Waals surface area contributed by atoms with E-state index in [9.17, 15) is 9.18 Å². The first kappa shape index (κ1) is 19.7. The quantitative estimate of drug-likeness (QED) is 0.488. The van der Waals surface area contributed by atoms with Crippen LogP contribution in [0.1, 0.15) is 28.6 Å². The van der Waals surface area contributed by atoms with Gasteiger partial charge in [0, 0.05) is 25.0 Å². The zero-order valence-corrected chi connectivity index (χ0v) is 17.0. The molecule has 1 N–H and O–H groups in total. The van der Waals surface area contributed by atoms with Crippen molar-refractivity contribution in [1.29, 1.82) is 0 Å². The summed E-state index contributed by atoms with van der Waals surface area (Å²) in [6.07, 6.45) is 7.43. The zero-order chi connectivity index (χ0) is 22.1.